The van der Waals surface area contributed by atoms with E-state index in [1.807, 2.05) is 0 Å². The summed E-state index contributed by atoms with van der Waals surface area (Å²) in [5.41, 5.74) is 0. The van der Waals surface area contributed by atoms with Crippen LogP contribution < -0.4 is 10.2 Å². The van der Waals surface area contributed by atoms with Gasteiger partial charge < -0.3 is 10.2 Å². The quantitative estimate of drug-likeness (QED) is 0.507. The van der Waals surface area contributed by atoms with E-state index in [0.29, 0.717) is 0 Å². The third kappa shape index (κ3) is 6.97. The zero-order chi connectivity index (χ0) is 20.6. The minimum absolute atomic E-state index is 0.210. The number of hydrogen-bond donors (Lipinski definition) is 2. The highest BCUT2D eigenvalue weighted by Crippen LogP contribution is 2.59. The summed E-state index contributed by atoms with van der Waals surface area (Å²) in [6.07, 6.45) is 0. The Kier molecular flexibility index (Phi) is 7.21. The van der Waals surface area contributed by atoms with Crippen molar-refractivity contribution in [2.45, 2.75) is 104 Å². The van der Waals surface area contributed by atoms with Crippen LogP contribution in [0.15, 0.2) is 18.2 Å². The summed E-state index contributed by atoms with van der Waals surface area (Å²) in [7, 11) is -0.864. The molecule has 1 rings (SSSR count). The molecule has 5 heteroatoms. The first kappa shape index (κ1) is 23.6. The van der Waals surface area contributed by atoms with Gasteiger partial charge in [0.2, 0.25) is 0 Å². The van der Waals surface area contributed by atoms with Crippen LogP contribution >= 0.6 is 16.1 Å². The predicted molar refractivity (Wildman–Crippen MR) is 124 cm³/mol. The fraction of sp³-hybridized carbons (Fsp3) is 0.762. The van der Waals surface area contributed by atoms with E-state index in [4.69, 9.17) is 4.98 Å². The third-order valence-electron chi connectivity index (χ3n) is 3.89. The van der Waals surface area contributed by atoms with E-state index in [2.05, 4.69) is 111 Å². The average Bonchev–Trinajstić information content (AvgIpc) is 2.37. The van der Waals surface area contributed by atoms with Gasteiger partial charge in [-0.3, -0.25) is 0 Å². The van der Waals surface area contributed by atoms with Crippen molar-refractivity contribution in [1.82, 2.24) is 4.98 Å². The molecule has 0 spiro atoms. The highest BCUT2D eigenvalue weighted by atomic mass is 31.1. The molecule has 0 aromatic carbocycles. The molecule has 0 aliphatic heterocycles. The summed E-state index contributed by atoms with van der Waals surface area (Å²) in [5, 5.41) is 8.38. The number of aromatic nitrogens is 1. The maximum atomic E-state index is 4.92. The van der Waals surface area contributed by atoms with Crippen molar-refractivity contribution in [3.63, 3.8) is 0 Å². The van der Waals surface area contributed by atoms with Crippen molar-refractivity contribution in [2.75, 3.05) is 10.2 Å². The van der Waals surface area contributed by atoms with Crippen LogP contribution in [0.25, 0.3) is 0 Å². The topological polar surface area (TPSA) is 37.0 Å². The number of anilines is 2. The second-order valence-electron chi connectivity index (χ2n) is 11.0. The van der Waals surface area contributed by atoms with E-state index in [-0.39, 0.29) is 20.6 Å². The van der Waals surface area contributed by atoms with E-state index in [9.17, 15) is 0 Å². The standard InChI is InChI=1S/C21H41N3P2/c1-18(2,3)25(19(4,5)6)23-16-14-13-15-17(22-16)24-26(20(7,8)9)21(10,11)12/h13-15H,1-12H3,(H2,22,23,24). The summed E-state index contributed by atoms with van der Waals surface area (Å²) in [5.74, 6) is 1.95. The van der Waals surface area contributed by atoms with Crippen molar-refractivity contribution < 1.29 is 0 Å². The molecule has 0 bridgehead atoms. The lowest BCUT2D eigenvalue weighted by atomic mass is 10.2. The van der Waals surface area contributed by atoms with Gasteiger partial charge in [-0.2, -0.15) is 0 Å². The highest BCUT2D eigenvalue weighted by Gasteiger charge is 2.36. The van der Waals surface area contributed by atoms with Crippen molar-refractivity contribution in [3.05, 3.63) is 18.2 Å². The minimum Gasteiger partial charge on any atom is -0.348 e. The number of pyridine rings is 1. The van der Waals surface area contributed by atoms with Gasteiger partial charge in [0, 0.05) is 36.8 Å². The van der Waals surface area contributed by atoms with Gasteiger partial charge in [0.15, 0.2) is 0 Å². The van der Waals surface area contributed by atoms with Crippen LogP contribution in [-0.2, 0) is 0 Å². The fourth-order valence-corrected chi connectivity index (χ4v) is 9.55. The third-order valence-corrected chi connectivity index (χ3v) is 10.2. The summed E-state index contributed by atoms with van der Waals surface area (Å²) in [6.45, 7) is 27.8. The molecular formula is C21H41N3P2. The molecule has 0 saturated heterocycles. The maximum absolute atomic E-state index is 4.92. The summed E-state index contributed by atoms with van der Waals surface area (Å²) in [6, 6.07) is 6.29. The van der Waals surface area contributed by atoms with Gasteiger partial charge in [-0.15, -0.1) is 0 Å². The van der Waals surface area contributed by atoms with Crippen molar-refractivity contribution >= 4 is 27.8 Å². The maximum Gasteiger partial charge on any atom is 0.131 e. The number of hydrogen-bond acceptors (Lipinski definition) is 3. The molecular weight excluding hydrogens is 356 g/mol. The minimum atomic E-state index is -0.432. The zero-order valence-electron chi connectivity index (χ0n) is 19.1. The smallest absolute Gasteiger partial charge is 0.131 e. The lowest BCUT2D eigenvalue weighted by Crippen LogP contribution is -2.29. The van der Waals surface area contributed by atoms with Gasteiger partial charge in [-0.05, 0) is 12.1 Å². The first-order valence-electron chi connectivity index (χ1n) is 9.53. The lowest BCUT2D eigenvalue weighted by Gasteiger charge is -2.42. The molecule has 0 unspecified atom stereocenters. The Hall–Kier alpha value is -0.390. The van der Waals surface area contributed by atoms with Crippen LogP contribution in [0.2, 0.25) is 0 Å². The van der Waals surface area contributed by atoms with Crippen LogP contribution in [-0.4, -0.2) is 25.6 Å². The predicted octanol–water partition coefficient (Wildman–Crippen LogP) is 7.89. The molecule has 2 N–H and O–H groups in total. The lowest BCUT2D eigenvalue weighted by molar-refractivity contribution is 0.710. The molecule has 0 saturated carbocycles. The molecule has 26 heavy (non-hydrogen) atoms. The first-order valence-corrected chi connectivity index (χ1v) is 12.2. The van der Waals surface area contributed by atoms with Crippen LogP contribution in [0.1, 0.15) is 83.1 Å². The van der Waals surface area contributed by atoms with Crippen LogP contribution in [0.4, 0.5) is 11.6 Å². The van der Waals surface area contributed by atoms with E-state index in [1.165, 1.54) is 0 Å². The first-order chi connectivity index (χ1) is 11.4. The summed E-state index contributed by atoms with van der Waals surface area (Å²) in [4.78, 5) is 4.92. The summed E-state index contributed by atoms with van der Waals surface area (Å²) >= 11 is 0. The molecule has 150 valence electrons. The monoisotopic (exact) mass is 397 g/mol. The Balaban J connectivity index is 3.11. The molecule has 3 nitrogen and oxygen atoms in total. The molecule has 0 amide bonds. The van der Waals surface area contributed by atoms with Gasteiger partial charge in [-0.1, -0.05) is 89.2 Å². The number of rotatable bonds is 4. The fourth-order valence-electron chi connectivity index (χ4n) is 3.47. The van der Waals surface area contributed by atoms with E-state index in [1.54, 1.807) is 0 Å². The van der Waals surface area contributed by atoms with Gasteiger partial charge in [-0.25, -0.2) is 4.98 Å². The molecule has 1 aromatic heterocycles. The number of nitrogens with one attached hydrogen (secondary N) is 2. The number of nitrogens with zero attached hydrogens (tertiary/aromatic N) is 1. The second-order valence-corrected chi connectivity index (χ2v) is 18.1. The zero-order valence-corrected chi connectivity index (χ0v) is 20.9. The Morgan fingerprint density at radius 1 is 0.577 bits per heavy atom. The Bertz CT molecular complexity index is 510. The molecule has 0 aliphatic carbocycles. The van der Waals surface area contributed by atoms with Crippen LogP contribution in [0.3, 0.4) is 0 Å². The Morgan fingerprint density at radius 2 is 0.846 bits per heavy atom. The SMILES string of the molecule is CC(C)(C)P(Nc1cccc(NP(C(C)(C)C)C(C)(C)C)n1)C(C)(C)C. The van der Waals surface area contributed by atoms with Gasteiger partial charge in [0.05, 0.1) is 0 Å². The largest absolute Gasteiger partial charge is 0.348 e. The Labute approximate surface area is 165 Å². The van der Waals surface area contributed by atoms with Gasteiger partial charge in [0.25, 0.3) is 0 Å². The van der Waals surface area contributed by atoms with Crippen molar-refractivity contribution in [3.8, 4) is 0 Å². The molecule has 0 atom stereocenters. The molecule has 1 aromatic rings. The van der Waals surface area contributed by atoms with Gasteiger partial charge >= 0.3 is 0 Å². The van der Waals surface area contributed by atoms with Crippen LogP contribution in [0.5, 0.6) is 0 Å². The van der Waals surface area contributed by atoms with Crippen molar-refractivity contribution in [1.29, 1.82) is 0 Å². The van der Waals surface area contributed by atoms with Crippen molar-refractivity contribution in [2.24, 2.45) is 0 Å². The van der Waals surface area contributed by atoms with E-state index >= 15 is 0 Å². The van der Waals surface area contributed by atoms with Crippen LogP contribution in [0, 0.1) is 0 Å². The molecule has 0 fully saturated rings. The summed E-state index contributed by atoms with van der Waals surface area (Å²) < 4.78 is 0. The second kappa shape index (κ2) is 7.92. The molecule has 0 aliphatic rings. The normalized spacial score (nSPS) is 14.1. The Morgan fingerprint density at radius 3 is 1.08 bits per heavy atom. The van der Waals surface area contributed by atoms with E-state index in [0.717, 1.165) is 11.6 Å². The molecule has 0 radical (unpaired) electrons. The van der Waals surface area contributed by atoms with Gasteiger partial charge in [0.1, 0.15) is 11.6 Å². The highest BCUT2D eigenvalue weighted by molar-refractivity contribution is 7.62. The van der Waals surface area contributed by atoms with E-state index < -0.39 is 16.1 Å². The average molecular weight is 398 g/mol. The molecule has 1 heterocycles.